The van der Waals surface area contributed by atoms with Gasteiger partial charge in [0.05, 0.1) is 0 Å². The summed E-state index contributed by atoms with van der Waals surface area (Å²) < 4.78 is 0. The van der Waals surface area contributed by atoms with Crippen LogP contribution < -0.4 is 5.32 Å². The number of hydrogen-bond donors (Lipinski definition) is 1. The molecule has 1 atom stereocenters. The van der Waals surface area contributed by atoms with Crippen molar-refractivity contribution in [3.8, 4) is 0 Å². The highest BCUT2D eigenvalue weighted by Gasteiger charge is 2.23. The van der Waals surface area contributed by atoms with Gasteiger partial charge in [-0.3, -0.25) is 9.88 Å². The Balaban J connectivity index is 1.84. The van der Waals surface area contributed by atoms with Crippen LogP contribution in [0.15, 0.2) is 18.5 Å². The van der Waals surface area contributed by atoms with Gasteiger partial charge >= 0.3 is 0 Å². The lowest BCUT2D eigenvalue weighted by molar-refractivity contribution is 0.186. The van der Waals surface area contributed by atoms with Gasteiger partial charge in [-0.15, -0.1) is 0 Å². The van der Waals surface area contributed by atoms with Crippen molar-refractivity contribution < 1.29 is 0 Å². The monoisotopic (exact) mass is 261 g/mol. The molecule has 19 heavy (non-hydrogen) atoms. The van der Waals surface area contributed by atoms with E-state index in [0.29, 0.717) is 12.0 Å². The number of likely N-dealkylation sites (tertiary alicyclic amines) is 1. The largest absolute Gasteiger partial charge is 0.311 e. The fraction of sp³-hybridized carbons (Fsp3) is 0.688. The van der Waals surface area contributed by atoms with Crippen LogP contribution in [0.5, 0.6) is 0 Å². The van der Waals surface area contributed by atoms with Gasteiger partial charge in [0.1, 0.15) is 0 Å². The Hall–Kier alpha value is -0.930. The second-order valence-electron chi connectivity index (χ2n) is 5.99. The number of aromatic nitrogens is 1. The lowest BCUT2D eigenvalue weighted by atomic mass is 10.0. The summed E-state index contributed by atoms with van der Waals surface area (Å²) in [6.07, 6.45) is 6.57. The number of aryl methyl sites for hydroxylation is 1. The first-order valence-electron chi connectivity index (χ1n) is 7.52. The molecule has 1 aliphatic rings. The molecule has 0 aliphatic carbocycles. The van der Waals surface area contributed by atoms with Gasteiger partial charge in [-0.1, -0.05) is 13.8 Å². The highest BCUT2D eigenvalue weighted by molar-refractivity contribution is 5.20. The number of pyridine rings is 1. The Labute approximate surface area is 117 Å². The van der Waals surface area contributed by atoms with Gasteiger partial charge in [0.15, 0.2) is 0 Å². The molecule has 3 nitrogen and oxygen atoms in total. The Bertz CT molecular complexity index is 383. The van der Waals surface area contributed by atoms with Crippen molar-refractivity contribution in [3.05, 3.63) is 29.6 Å². The maximum Gasteiger partial charge on any atom is 0.0315 e. The van der Waals surface area contributed by atoms with Crippen LogP contribution in [-0.2, 0) is 6.54 Å². The lowest BCUT2D eigenvalue weighted by Crippen LogP contribution is -2.44. The molecule has 2 rings (SSSR count). The van der Waals surface area contributed by atoms with Crippen LogP contribution in [-0.4, -0.2) is 35.6 Å². The van der Waals surface area contributed by atoms with Crippen LogP contribution in [0.2, 0.25) is 0 Å². The van der Waals surface area contributed by atoms with Crippen LogP contribution in [0.4, 0.5) is 0 Å². The van der Waals surface area contributed by atoms with Crippen LogP contribution in [0, 0.1) is 12.8 Å². The summed E-state index contributed by atoms with van der Waals surface area (Å²) in [5.74, 6) is 0.709. The van der Waals surface area contributed by atoms with Crippen molar-refractivity contribution in [3.63, 3.8) is 0 Å². The molecule has 0 radical (unpaired) electrons. The van der Waals surface area contributed by atoms with Crippen molar-refractivity contribution in [1.29, 1.82) is 0 Å². The van der Waals surface area contributed by atoms with E-state index in [0.717, 1.165) is 13.1 Å². The molecule has 0 aromatic carbocycles. The topological polar surface area (TPSA) is 28.2 Å². The molecular formula is C16H27N3. The summed E-state index contributed by atoms with van der Waals surface area (Å²) in [6, 6.07) is 2.75. The quantitative estimate of drug-likeness (QED) is 0.853. The predicted octanol–water partition coefficient (Wildman–Crippen LogP) is 2.60. The molecule has 1 fully saturated rings. The van der Waals surface area contributed by atoms with E-state index in [4.69, 9.17) is 0 Å². The maximum absolute atomic E-state index is 4.21. The number of rotatable bonds is 6. The molecule has 0 bridgehead atoms. The van der Waals surface area contributed by atoms with Gasteiger partial charge in [-0.2, -0.15) is 0 Å². The van der Waals surface area contributed by atoms with Gasteiger partial charge in [0, 0.05) is 31.5 Å². The molecule has 0 amide bonds. The molecule has 1 aromatic heterocycles. The maximum atomic E-state index is 4.21. The van der Waals surface area contributed by atoms with Crippen LogP contribution in [0.3, 0.4) is 0 Å². The first kappa shape index (κ1) is 14.5. The van der Waals surface area contributed by atoms with Gasteiger partial charge in [0.2, 0.25) is 0 Å². The smallest absolute Gasteiger partial charge is 0.0315 e. The van der Waals surface area contributed by atoms with Gasteiger partial charge in [0.25, 0.3) is 0 Å². The molecule has 2 heterocycles. The molecule has 0 spiro atoms. The normalized spacial score (nSPS) is 18.1. The number of hydrogen-bond acceptors (Lipinski definition) is 3. The molecule has 1 unspecified atom stereocenters. The Morgan fingerprint density at radius 1 is 1.32 bits per heavy atom. The van der Waals surface area contributed by atoms with Gasteiger partial charge in [-0.25, -0.2) is 0 Å². The summed E-state index contributed by atoms with van der Waals surface area (Å²) in [4.78, 5) is 6.85. The van der Waals surface area contributed by atoms with Gasteiger partial charge in [-0.05, 0) is 56.0 Å². The van der Waals surface area contributed by atoms with E-state index >= 15 is 0 Å². The van der Waals surface area contributed by atoms with Crippen molar-refractivity contribution in [2.75, 3.05) is 19.6 Å². The SMILES string of the molecule is Cc1ccncc1CNCC(C(C)C)N1CCCC1. The van der Waals surface area contributed by atoms with E-state index in [-0.39, 0.29) is 0 Å². The summed E-state index contributed by atoms with van der Waals surface area (Å²) in [7, 11) is 0. The second-order valence-corrected chi connectivity index (χ2v) is 5.99. The Kier molecular flexibility index (Phi) is 5.34. The molecule has 1 aromatic rings. The third-order valence-electron chi connectivity index (χ3n) is 4.20. The zero-order valence-electron chi connectivity index (χ0n) is 12.5. The van der Waals surface area contributed by atoms with Crippen molar-refractivity contribution >= 4 is 0 Å². The Morgan fingerprint density at radius 2 is 2.05 bits per heavy atom. The first-order valence-corrected chi connectivity index (χ1v) is 7.52. The lowest BCUT2D eigenvalue weighted by Gasteiger charge is -2.31. The number of nitrogens with zero attached hydrogens (tertiary/aromatic N) is 2. The van der Waals surface area contributed by atoms with Crippen molar-refractivity contribution in [2.24, 2.45) is 5.92 Å². The summed E-state index contributed by atoms with van der Waals surface area (Å²) in [5.41, 5.74) is 2.64. The summed E-state index contributed by atoms with van der Waals surface area (Å²) in [6.45, 7) is 11.4. The Morgan fingerprint density at radius 3 is 2.68 bits per heavy atom. The predicted molar refractivity (Wildman–Crippen MR) is 80.1 cm³/mol. The fourth-order valence-electron chi connectivity index (χ4n) is 2.90. The highest BCUT2D eigenvalue weighted by atomic mass is 15.2. The van der Waals surface area contributed by atoms with Crippen LogP contribution in [0.25, 0.3) is 0 Å². The van der Waals surface area contributed by atoms with Gasteiger partial charge < -0.3 is 5.32 Å². The molecule has 1 saturated heterocycles. The zero-order chi connectivity index (χ0) is 13.7. The minimum atomic E-state index is 0.666. The third kappa shape index (κ3) is 4.02. The van der Waals surface area contributed by atoms with E-state index in [1.54, 1.807) is 0 Å². The van der Waals surface area contributed by atoms with Crippen LogP contribution >= 0.6 is 0 Å². The van der Waals surface area contributed by atoms with E-state index in [1.807, 2.05) is 12.4 Å². The minimum Gasteiger partial charge on any atom is -0.311 e. The molecule has 0 saturated carbocycles. The zero-order valence-corrected chi connectivity index (χ0v) is 12.5. The average molecular weight is 261 g/mol. The summed E-state index contributed by atoms with van der Waals surface area (Å²) >= 11 is 0. The van der Waals surface area contributed by atoms with E-state index < -0.39 is 0 Å². The first-order chi connectivity index (χ1) is 9.18. The van der Waals surface area contributed by atoms with Crippen LogP contribution in [0.1, 0.15) is 37.8 Å². The number of nitrogens with one attached hydrogen (secondary N) is 1. The average Bonchev–Trinajstić information content (AvgIpc) is 2.89. The fourth-order valence-corrected chi connectivity index (χ4v) is 2.90. The van der Waals surface area contributed by atoms with E-state index in [9.17, 15) is 0 Å². The van der Waals surface area contributed by atoms with E-state index in [2.05, 4.69) is 42.0 Å². The summed E-state index contributed by atoms with van der Waals surface area (Å²) in [5, 5.41) is 3.62. The van der Waals surface area contributed by atoms with E-state index in [1.165, 1.54) is 37.1 Å². The molecule has 106 valence electrons. The molecule has 3 heteroatoms. The molecule has 1 aliphatic heterocycles. The minimum absolute atomic E-state index is 0.666. The molecule has 1 N–H and O–H groups in total. The van der Waals surface area contributed by atoms with Crippen molar-refractivity contribution in [2.45, 2.75) is 46.2 Å². The highest BCUT2D eigenvalue weighted by Crippen LogP contribution is 2.17. The third-order valence-corrected chi connectivity index (χ3v) is 4.20. The second kappa shape index (κ2) is 7.01. The van der Waals surface area contributed by atoms with Crippen molar-refractivity contribution in [1.82, 2.24) is 15.2 Å². The standard InChI is InChI=1S/C16H27N3/c1-13(2)16(19-8-4-5-9-19)12-18-11-15-10-17-7-6-14(15)3/h6-7,10,13,16,18H,4-5,8-9,11-12H2,1-3H3. The molecular weight excluding hydrogens is 234 g/mol.